The van der Waals surface area contributed by atoms with E-state index in [4.69, 9.17) is 0 Å². The van der Waals surface area contributed by atoms with Crippen LogP contribution >= 0.6 is 15.9 Å². The lowest BCUT2D eigenvalue weighted by Crippen LogP contribution is -2.41. The van der Waals surface area contributed by atoms with Crippen LogP contribution in [0.5, 0.6) is 0 Å². The summed E-state index contributed by atoms with van der Waals surface area (Å²) in [6, 6.07) is 14.2. The standard InChI is InChI=1S/C19H17BrO2/c1-12(10-21)19(13(2)11-22)17-6-4-3-5-15(17)16-8-7-14(20)9-18(16)19/h3-13H,1-2H3. The first kappa shape index (κ1) is 15.2. The van der Waals surface area contributed by atoms with Crippen molar-refractivity contribution < 1.29 is 9.59 Å². The van der Waals surface area contributed by atoms with Gasteiger partial charge in [0.25, 0.3) is 0 Å². The summed E-state index contributed by atoms with van der Waals surface area (Å²) in [6.07, 6.45) is 1.93. The van der Waals surface area contributed by atoms with Crippen molar-refractivity contribution in [1.29, 1.82) is 0 Å². The third-order valence-corrected chi connectivity index (χ3v) is 5.43. The summed E-state index contributed by atoms with van der Waals surface area (Å²) in [4.78, 5) is 23.4. The molecule has 0 aliphatic heterocycles. The molecular weight excluding hydrogens is 340 g/mol. The highest BCUT2D eigenvalue weighted by molar-refractivity contribution is 9.10. The van der Waals surface area contributed by atoms with Gasteiger partial charge in [0, 0.05) is 21.7 Å². The molecule has 3 heteroatoms. The smallest absolute Gasteiger partial charge is 0.124 e. The van der Waals surface area contributed by atoms with Gasteiger partial charge in [-0.05, 0) is 34.4 Å². The van der Waals surface area contributed by atoms with Gasteiger partial charge in [0.15, 0.2) is 0 Å². The lowest BCUT2D eigenvalue weighted by Gasteiger charge is -2.38. The molecule has 112 valence electrons. The molecule has 0 spiro atoms. The van der Waals surface area contributed by atoms with Crippen molar-refractivity contribution in [1.82, 2.24) is 0 Å². The molecule has 1 aliphatic rings. The Morgan fingerprint density at radius 2 is 1.50 bits per heavy atom. The highest BCUT2D eigenvalue weighted by Crippen LogP contribution is 2.56. The molecule has 2 nitrogen and oxygen atoms in total. The van der Waals surface area contributed by atoms with Crippen LogP contribution in [0.4, 0.5) is 0 Å². The van der Waals surface area contributed by atoms with E-state index in [2.05, 4.69) is 34.1 Å². The molecular formula is C19H17BrO2. The molecule has 2 unspecified atom stereocenters. The second-order valence-corrected chi connectivity index (χ2v) is 6.87. The van der Waals surface area contributed by atoms with E-state index in [0.29, 0.717) is 0 Å². The van der Waals surface area contributed by atoms with Crippen molar-refractivity contribution in [3.05, 3.63) is 58.1 Å². The molecule has 0 radical (unpaired) electrons. The number of carbonyl (C=O) groups is 2. The minimum Gasteiger partial charge on any atom is -0.303 e. The maximum Gasteiger partial charge on any atom is 0.124 e. The Labute approximate surface area is 138 Å². The Balaban J connectivity index is 2.45. The fourth-order valence-electron chi connectivity index (χ4n) is 3.93. The predicted molar refractivity (Wildman–Crippen MR) is 90.8 cm³/mol. The van der Waals surface area contributed by atoms with Crippen LogP contribution in [0, 0.1) is 11.8 Å². The molecule has 1 aliphatic carbocycles. The van der Waals surface area contributed by atoms with Crippen LogP contribution in [-0.4, -0.2) is 12.6 Å². The van der Waals surface area contributed by atoms with Crippen molar-refractivity contribution in [2.24, 2.45) is 11.8 Å². The number of aldehydes is 2. The molecule has 0 bridgehead atoms. The molecule has 0 aromatic heterocycles. The van der Waals surface area contributed by atoms with Crippen molar-refractivity contribution in [2.45, 2.75) is 19.3 Å². The molecule has 0 amide bonds. The zero-order valence-corrected chi connectivity index (χ0v) is 14.1. The van der Waals surface area contributed by atoms with Gasteiger partial charge in [0.05, 0.1) is 0 Å². The van der Waals surface area contributed by atoms with Gasteiger partial charge in [-0.2, -0.15) is 0 Å². The molecule has 2 aromatic rings. The molecule has 0 heterocycles. The largest absolute Gasteiger partial charge is 0.303 e. The Bertz CT molecular complexity index is 737. The van der Waals surface area contributed by atoms with Crippen molar-refractivity contribution >= 4 is 28.5 Å². The number of benzene rings is 2. The van der Waals surface area contributed by atoms with E-state index in [9.17, 15) is 9.59 Å². The number of fused-ring (bicyclic) bond motifs is 3. The molecule has 0 fully saturated rings. The summed E-state index contributed by atoms with van der Waals surface area (Å²) in [6.45, 7) is 3.81. The van der Waals surface area contributed by atoms with Crippen LogP contribution < -0.4 is 0 Å². The minimum absolute atomic E-state index is 0.288. The molecule has 0 N–H and O–H groups in total. The van der Waals surface area contributed by atoms with Crippen LogP contribution in [0.2, 0.25) is 0 Å². The third kappa shape index (κ3) is 1.85. The quantitative estimate of drug-likeness (QED) is 0.761. The van der Waals surface area contributed by atoms with Crippen LogP contribution in [0.25, 0.3) is 11.1 Å². The van der Waals surface area contributed by atoms with Crippen molar-refractivity contribution in [3.8, 4) is 11.1 Å². The van der Waals surface area contributed by atoms with Gasteiger partial charge in [0.1, 0.15) is 12.6 Å². The Kier molecular flexibility index (Phi) is 3.77. The van der Waals surface area contributed by atoms with Crippen LogP contribution in [0.1, 0.15) is 25.0 Å². The average Bonchev–Trinajstić information content (AvgIpc) is 2.84. The topological polar surface area (TPSA) is 34.1 Å². The number of carbonyl (C=O) groups excluding carboxylic acids is 2. The second-order valence-electron chi connectivity index (χ2n) is 5.95. The molecule has 0 saturated heterocycles. The fraction of sp³-hybridized carbons (Fsp3) is 0.263. The zero-order valence-electron chi connectivity index (χ0n) is 12.5. The first-order valence-corrected chi connectivity index (χ1v) is 8.17. The van der Waals surface area contributed by atoms with Crippen LogP contribution in [-0.2, 0) is 15.0 Å². The maximum absolute atomic E-state index is 11.7. The van der Waals surface area contributed by atoms with E-state index >= 15 is 0 Å². The third-order valence-electron chi connectivity index (χ3n) is 4.93. The molecule has 0 saturated carbocycles. The molecule has 22 heavy (non-hydrogen) atoms. The number of halogens is 1. The van der Waals surface area contributed by atoms with Gasteiger partial charge in [-0.15, -0.1) is 0 Å². The van der Waals surface area contributed by atoms with Gasteiger partial charge in [0.2, 0.25) is 0 Å². The Morgan fingerprint density at radius 1 is 0.909 bits per heavy atom. The van der Waals surface area contributed by atoms with Gasteiger partial charge in [-0.1, -0.05) is 60.1 Å². The van der Waals surface area contributed by atoms with Gasteiger partial charge >= 0.3 is 0 Å². The summed E-state index contributed by atoms with van der Waals surface area (Å²) < 4.78 is 0.958. The van der Waals surface area contributed by atoms with E-state index in [0.717, 1.165) is 39.3 Å². The highest BCUT2D eigenvalue weighted by atomic mass is 79.9. The number of hydrogen-bond acceptors (Lipinski definition) is 2. The SMILES string of the molecule is CC(C=O)C1(C(C)C=O)c2ccccc2-c2ccc(Br)cc21. The van der Waals surface area contributed by atoms with Gasteiger partial charge < -0.3 is 9.59 Å². The Hall–Kier alpha value is -1.74. The van der Waals surface area contributed by atoms with E-state index in [1.54, 1.807) is 0 Å². The van der Waals surface area contributed by atoms with Gasteiger partial charge in [-0.25, -0.2) is 0 Å². The van der Waals surface area contributed by atoms with E-state index in [1.807, 2.05) is 38.1 Å². The minimum atomic E-state index is -0.598. The summed E-state index contributed by atoms with van der Waals surface area (Å²) in [5.74, 6) is -0.575. The number of rotatable bonds is 4. The van der Waals surface area contributed by atoms with Crippen LogP contribution in [0.3, 0.4) is 0 Å². The second kappa shape index (κ2) is 5.47. The summed E-state index contributed by atoms with van der Waals surface area (Å²) >= 11 is 3.53. The van der Waals surface area contributed by atoms with E-state index < -0.39 is 5.41 Å². The molecule has 2 atom stereocenters. The normalized spacial score (nSPS) is 21.6. The first-order valence-electron chi connectivity index (χ1n) is 7.37. The predicted octanol–water partition coefficient (Wildman–Crippen LogP) is 4.39. The Morgan fingerprint density at radius 3 is 2.14 bits per heavy atom. The molecule has 3 rings (SSSR count). The van der Waals surface area contributed by atoms with E-state index in [-0.39, 0.29) is 11.8 Å². The fourth-order valence-corrected chi connectivity index (χ4v) is 4.29. The van der Waals surface area contributed by atoms with Crippen LogP contribution in [0.15, 0.2) is 46.9 Å². The lowest BCUT2D eigenvalue weighted by molar-refractivity contribution is -0.116. The zero-order chi connectivity index (χ0) is 15.9. The van der Waals surface area contributed by atoms with Gasteiger partial charge in [-0.3, -0.25) is 0 Å². The lowest BCUT2D eigenvalue weighted by atomic mass is 9.62. The maximum atomic E-state index is 11.7. The summed E-state index contributed by atoms with van der Waals surface area (Å²) in [5, 5.41) is 0. The number of hydrogen-bond donors (Lipinski definition) is 0. The van der Waals surface area contributed by atoms with E-state index in [1.165, 1.54) is 0 Å². The highest BCUT2D eigenvalue weighted by Gasteiger charge is 2.50. The monoisotopic (exact) mass is 356 g/mol. The summed E-state index contributed by atoms with van der Waals surface area (Å²) in [5.41, 5.74) is 3.76. The summed E-state index contributed by atoms with van der Waals surface area (Å²) in [7, 11) is 0. The molecule has 2 aromatic carbocycles. The van der Waals surface area contributed by atoms with Crippen molar-refractivity contribution in [3.63, 3.8) is 0 Å². The first-order chi connectivity index (χ1) is 10.6. The average molecular weight is 357 g/mol. The van der Waals surface area contributed by atoms with Crippen molar-refractivity contribution in [2.75, 3.05) is 0 Å².